The maximum absolute atomic E-state index is 6.19. The molecule has 0 radical (unpaired) electrons. The Morgan fingerprint density at radius 3 is 3.00 bits per heavy atom. The molecule has 0 amide bonds. The van der Waals surface area contributed by atoms with Crippen LogP contribution in [0.1, 0.15) is 28.2 Å². The summed E-state index contributed by atoms with van der Waals surface area (Å²) in [6.45, 7) is 3.93. The number of nitrogens with zero attached hydrogens (tertiary/aromatic N) is 5. The third kappa shape index (κ3) is 2.59. The van der Waals surface area contributed by atoms with E-state index in [0.717, 1.165) is 17.0 Å². The molecule has 2 N–H and O–H groups in total. The maximum atomic E-state index is 6.19. The van der Waals surface area contributed by atoms with Gasteiger partial charge in [0.25, 0.3) is 0 Å². The Kier molecular flexibility index (Phi) is 3.62. The van der Waals surface area contributed by atoms with Crippen LogP contribution >= 0.6 is 11.3 Å². The van der Waals surface area contributed by atoms with Crippen LogP contribution in [0.25, 0.3) is 17.0 Å². The van der Waals surface area contributed by atoms with E-state index in [1.807, 2.05) is 37.4 Å². The highest BCUT2D eigenvalue weighted by Gasteiger charge is 2.20. The molecule has 4 aromatic heterocycles. The summed E-state index contributed by atoms with van der Waals surface area (Å²) in [5.41, 5.74) is 9.56. The average Bonchev–Trinajstić information content (AvgIpc) is 3.26. The minimum absolute atomic E-state index is 0.330. The number of aryl methyl sites for hydroxylation is 2. The minimum atomic E-state index is -0.330. The van der Waals surface area contributed by atoms with E-state index in [1.54, 1.807) is 22.0 Å². The van der Waals surface area contributed by atoms with Crippen molar-refractivity contribution in [3.05, 3.63) is 51.9 Å². The lowest BCUT2D eigenvalue weighted by atomic mass is 10.2. The van der Waals surface area contributed by atoms with Gasteiger partial charge in [-0.1, -0.05) is 11.2 Å². The topological polar surface area (TPSA) is 95.1 Å². The van der Waals surface area contributed by atoms with Gasteiger partial charge >= 0.3 is 0 Å². The fraction of sp³-hybridized carbons (Fsp3) is 0.250. The molecule has 0 aliphatic heterocycles. The molecule has 0 aromatic carbocycles. The highest BCUT2D eigenvalue weighted by Crippen LogP contribution is 2.24. The van der Waals surface area contributed by atoms with Crippen molar-refractivity contribution in [1.29, 1.82) is 0 Å². The van der Waals surface area contributed by atoms with Gasteiger partial charge in [0, 0.05) is 22.7 Å². The van der Waals surface area contributed by atoms with E-state index in [0.29, 0.717) is 23.8 Å². The zero-order valence-electron chi connectivity index (χ0n) is 13.3. The number of fused-ring (bicyclic) bond motifs is 1. The van der Waals surface area contributed by atoms with E-state index in [1.165, 1.54) is 4.88 Å². The Morgan fingerprint density at radius 2 is 2.21 bits per heavy atom. The molecule has 0 aliphatic carbocycles. The van der Waals surface area contributed by atoms with Crippen LogP contribution in [0.3, 0.4) is 0 Å². The van der Waals surface area contributed by atoms with Crippen molar-refractivity contribution in [3.8, 4) is 11.4 Å². The lowest BCUT2D eigenvalue weighted by Crippen LogP contribution is -2.13. The van der Waals surface area contributed by atoms with Gasteiger partial charge in [0.15, 0.2) is 5.65 Å². The second kappa shape index (κ2) is 5.81. The predicted molar refractivity (Wildman–Crippen MR) is 90.7 cm³/mol. The van der Waals surface area contributed by atoms with Crippen LogP contribution in [0.15, 0.2) is 34.3 Å². The van der Waals surface area contributed by atoms with E-state index in [2.05, 4.69) is 20.2 Å². The molecule has 1 unspecified atom stereocenters. The van der Waals surface area contributed by atoms with Crippen molar-refractivity contribution in [1.82, 2.24) is 24.7 Å². The fourth-order valence-corrected chi connectivity index (χ4v) is 3.42. The Morgan fingerprint density at radius 1 is 1.33 bits per heavy atom. The van der Waals surface area contributed by atoms with Crippen LogP contribution in [0.2, 0.25) is 0 Å². The molecular weight excluding hydrogens is 324 g/mol. The zero-order valence-corrected chi connectivity index (χ0v) is 14.1. The summed E-state index contributed by atoms with van der Waals surface area (Å²) in [6.07, 6.45) is 2.37. The second-order valence-corrected chi connectivity index (χ2v) is 6.71. The summed E-state index contributed by atoms with van der Waals surface area (Å²) in [6, 6.07) is 5.69. The standard InChI is InChI=1S/C16H16N6OS/c1-9-6-10(2)22-15(19-9)12(8-18-22)14-20-16(23-21-14)13(17)7-11-4-3-5-24-11/h3-6,8,13H,7,17H2,1-2H3. The summed E-state index contributed by atoms with van der Waals surface area (Å²) in [4.78, 5) is 10.2. The highest BCUT2D eigenvalue weighted by atomic mass is 32.1. The third-order valence-corrected chi connectivity index (χ3v) is 4.68. The van der Waals surface area contributed by atoms with Gasteiger partial charge in [0.2, 0.25) is 11.7 Å². The van der Waals surface area contributed by atoms with Gasteiger partial charge in [0.05, 0.1) is 17.8 Å². The summed E-state index contributed by atoms with van der Waals surface area (Å²) in [5.74, 6) is 0.876. The molecule has 122 valence electrons. The van der Waals surface area contributed by atoms with Crippen LogP contribution in [-0.2, 0) is 6.42 Å². The first-order chi connectivity index (χ1) is 11.6. The molecule has 0 spiro atoms. The van der Waals surface area contributed by atoms with Crippen molar-refractivity contribution < 1.29 is 4.52 Å². The van der Waals surface area contributed by atoms with Gasteiger partial charge in [-0.05, 0) is 31.4 Å². The highest BCUT2D eigenvalue weighted by molar-refractivity contribution is 7.09. The summed E-state index contributed by atoms with van der Waals surface area (Å²) in [5, 5.41) is 10.4. The first-order valence-electron chi connectivity index (χ1n) is 7.56. The van der Waals surface area contributed by atoms with Gasteiger partial charge in [0.1, 0.15) is 0 Å². The maximum Gasteiger partial charge on any atom is 0.244 e. The van der Waals surface area contributed by atoms with E-state index in [4.69, 9.17) is 10.3 Å². The molecule has 0 fully saturated rings. The molecule has 24 heavy (non-hydrogen) atoms. The third-order valence-electron chi connectivity index (χ3n) is 3.78. The lowest BCUT2D eigenvalue weighted by Gasteiger charge is -2.03. The smallest absolute Gasteiger partial charge is 0.244 e. The van der Waals surface area contributed by atoms with Gasteiger partial charge in [-0.3, -0.25) is 0 Å². The van der Waals surface area contributed by atoms with Crippen LogP contribution in [0.4, 0.5) is 0 Å². The minimum Gasteiger partial charge on any atom is -0.337 e. The van der Waals surface area contributed by atoms with Crippen molar-refractivity contribution >= 4 is 17.0 Å². The largest absolute Gasteiger partial charge is 0.337 e. The molecule has 0 bridgehead atoms. The number of hydrogen-bond acceptors (Lipinski definition) is 7. The van der Waals surface area contributed by atoms with E-state index >= 15 is 0 Å². The van der Waals surface area contributed by atoms with Gasteiger partial charge < -0.3 is 10.3 Å². The summed E-state index contributed by atoms with van der Waals surface area (Å²) in [7, 11) is 0. The Bertz CT molecular complexity index is 988. The first kappa shape index (κ1) is 15.0. The molecule has 0 saturated heterocycles. The van der Waals surface area contributed by atoms with Crippen molar-refractivity contribution in [2.75, 3.05) is 0 Å². The number of hydrogen-bond donors (Lipinski definition) is 1. The number of aromatic nitrogens is 5. The van der Waals surface area contributed by atoms with Crippen molar-refractivity contribution in [2.45, 2.75) is 26.3 Å². The molecule has 7 nitrogen and oxygen atoms in total. The van der Waals surface area contributed by atoms with E-state index in [9.17, 15) is 0 Å². The number of nitrogens with two attached hydrogens (primary N) is 1. The Balaban J connectivity index is 1.68. The average molecular weight is 340 g/mol. The van der Waals surface area contributed by atoms with Crippen LogP contribution in [-0.4, -0.2) is 24.7 Å². The zero-order chi connectivity index (χ0) is 16.7. The number of rotatable bonds is 4. The van der Waals surface area contributed by atoms with Gasteiger partial charge in [-0.25, -0.2) is 9.50 Å². The molecule has 0 aliphatic rings. The van der Waals surface area contributed by atoms with Gasteiger partial charge in [-0.15, -0.1) is 11.3 Å². The summed E-state index contributed by atoms with van der Waals surface area (Å²) < 4.78 is 7.13. The van der Waals surface area contributed by atoms with E-state index in [-0.39, 0.29) is 6.04 Å². The van der Waals surface area contributed by atoms with Gasteiger partial charge in [-0.2, -0.15) is 10.1 Å². The SMILES string of the molecule is Cc1cc(C)n2ncc(-c3noc(C(N)Cc4cccs4)n3)c2n1. The lowest BCUT2D eigenvalue weighted by molar-refractivity contribution is 0.355. The Hall–Kier alpha value is -2.58. The predicted octanol–water partition coefficient (Wildman–Crippen LogP) is 2.70. The van der Waals surface area contributed by atoms with Crippen LogP contribution < -0.4 is 5.73 Å². The Labute approximate surface area is 142 Å². The normalized spacial score (nSPS) is 12.8. The van der Waals surface area contributed by atoms with Crippen LogP contribution in [0.5, 0.6) is 0 Å². The van der Waals surface area contributed by atoms with E-state index < -0.39 is 0 Å². The van der Waals surface area contributed by atoms with Crippen molar-refractivity contribution in [3.63, 3.8) is 0 Å². The van der Waals surface area contributed by atoms with Crippen molar-refractivity contribution in [2.24, 2.45) is 5.73 Å². The second-order valence-electron chi connectivity index (χ2n) is 5.68. The first-order valence-corrected chi connectivity index (χ1v) is 8.43. The summed E-state index contributed by atoms with van der Waals surface area (Å²) >= 11 is 1.66. The quantitative estimate of drug-likeness (QED) is 0.614. The fourth-order valence-electron chi connectivity index (χ4n) is 2.66. The molecule has 4 heterocycles. The molecule has 4 aromatic rings. The molecule has 8 heteroatoms. The van der Waals surface area contributed by atoms with Crippen LogP contribution in [0, 0.1) is 13.8 Å². The molecule has 1 atom stereocenters. The number of thiophene rings is 1. The molecule has 0 saturated carbocycles. The monoisotopic (exact) mass is 340 g/mol. The molecular formula is C16H16N6OS. The molecule has 4 rings (SSSR count).